The summed E-state index contributed by atoms with van der Waals surface area (Å²) in [5, 5.41) is 12.0. The van der Waals surface area contributed by atoms with Crippen molar-refractivity contribution in [3.63, 3.8) is 0 Å². The predicted octanol–water partition coefficient (Wildman–Crippen LogP) is 2.58. The maximum Gasteiger partial charge on any atom is 0.326 e. The molecule has 0 aliphatic rings. The number of hydrogen-bond acceptors (Lipinski definition) is 3. The first-order chi connectivity index (χ1) is 9.35. The van der Waals surface area contributed by atoms with E-state index in [9.17, 15) is 9.59 Å². The number of nitrogens with one attached hydrogen (secondary N) is 1. The van der Waals surface area contributed by atoms with Crippen LogP contribution in [0.4, 0.5) is 0 Å². The second kappa shape index (κ2) is 7.14. The Bertz CT molecular complexity index is 502. The van der Waals surface area contributed by atoms with Crippen LogP contribution in [0, 0.1) is 5.92 Å². The maximum absolute atomic E-state index is 12.2. The van der Waals surface area contributed by atoms with Crippen LogP contribution in [0.2, 0.25) is 5.02 Å². The third kappa shape index (κ3) is 4.42. The van der Waals surface area contributed by atoms with Crippen LogP contribution in [0.15, 0.2) is 18.2 Å². The zero-order valence-corrected chi connectivity index (χ0v) is 12.4. The minimum Gasteiger partial charge on any atom is -0.496 e. The lowest BCUT2D eigenvalue weighted by Gasteiger charge is -2.17. The van der Waals surface area contributed by atoms with E-state index in [2.05, 4.69) is 5.32 Å². The van der Waals surface area contributed by atoms with Gasteiger partial charge in [-0.05, 0) is 30.5 Å². The molecule has 0 unspecified atom stereocenters. The molecular weight excluding hydrogens is 282 g/mol. The van der Waals surface area contributed by atoms with E-state index in [0.29, 0.717) is 17.2 Å². The minimum absolute atomic E-state index is 0.151. The molecule has 0 bridgehead atoms. The maximum atomic E-state index is 12.2. The molecule has 6 heteroatoms. The molecule has 0 fully saturated rings. The van der Waals surface area contributed by atoms with Gasteiger partial charge in [-0.15, -0.1) is 0 Å². The Balaban J connectivity index is 2.94. The van der Waals surface area contributed by atoms with E-state index in [0.717, 1.165) is 0 Å². The molecule has 2 N–H and O–H groups in total. The van der Waals surface area contributed by atoms with Gasteiger partial charge in [0.15, 0.2) is 0 Å². The molecular formula is C14H18ClNO4. The normalized spacial score (nSPS) is 12.1. The van der Waals surface area contributed by atoms with Crippen molar-refractivity contribution in [1.82, 2.24) is 5.32 Å². The van der Waals surface area contributed by atoms with Crippen molar-refractivity contribution in [1.29, 1.82) is 0 Å². The van der Waals surface area contributed by atoms with Gasteiger partial charge in [-0.3, -0.25) is 4.79 Å². The van der Waals surface area contributed by atoms with Crippen LogP contribution in [0.5, 0.6) is 5.75 Å². The summed E-state index contributed by atoms with van der Waals surface area (Å²) in [5.74, 6) is -1.08. The van der Waals surface area contributed by atoms with Crippen molar-refractivity contribution in [3.8, 4) is 5.75 Å². The number of carboxylic acids is 1. The number of carboxylic acid groups (broad SMARTS) is 1. The first kappa shape index (κ1) is 16.3. The average molecular weight is 300 g/mol. The summed E-state index contributed by atoms with van der Waals surface area (Å²) in [7, 11) is 1.43. The van der Waals surface area contributed by atoms with Crippen LogP contribution in [0.1, 0.15) is 30.6 Å². The van der Waals surface area contributed by atoms with Gasteiger partial charge in [0.05, 0.1) is 12.7 Å². The van der Waals surface area contributed by atoms with Gasteiger partial charge in [0.25, 0.3) is 5.91 Å². The van der Waals surface area contributed by atoms with Crippen LogP contribution >= 0.6 is 11.6 Å². The van der Waals surface area contributed by atoms with E-state index < -0.39 is 17.9 Å². The Kier molecular flexibility index (Phi) is 5.82. The van der Waals surface area contributed by atoms with Gasteiger partial charge in [-0.25, -0.2) is 4.79 Å². The molecule has 1 amide bonds. The number of benzene rings is 1. The molecule has 1 atom stereocenters. The van der Waals surface area contributed by atoms with Gasteiger partial charge >= 0.3 is 5.97 Å². The van der Waals surface area contributed by atoms with Crippen LogP contribution in [0.3, 0.4) is 0 Å². The van der Waals surface area contributed by atoms with Gasteiger partial charge < -0.3 is 15.2 Å². The first-order valence-corrected chi connectivity index (χ1v) is 6.60. The Morgan fingerprint density at radius 1 is 1.40 bits per heavy atom. The van der Waals surface area contributed by atoms with Crippen molar-refractivity contribution in [2.75, 3.05) is 7.11 Å². The summed E-state index contributed by atoms with van der Waals surface area (Å²) in [6.07, 6.45) is 0.351. The number of aliphatic carboxylic acids is 1. The summed E-state index contributed by atoms with van der Waals surface area (Å²) < 4.78 is 5.08. The fourth-order valence-corrected chi connectivity index (χ4v) is 1.96. The molecule has 110 valence electrons. The molecule has 5 nitrogen and oxygen atoms in total. The average Bonchev–Trinajstić information content (AvgIpc) is 2.37. The van der Waals surface area contributed by atoms with Crippen LogP contribution in [-0.4, -0.2) is 30.1 Å². The first-order valence-electron chi connectivity index (χ1n) is 6.22. The zero-order chi connectivity index (χ0) is 15.3. The highest BCUT2D eigenvalue weighted by Crippen LogP contribution is 2.22. The monoisotopic (exact) mass is 299 g/mol. The lowest BCUT2D eigenvalue weighted by Crippen LogP contribution is -2.41. The number of carbonyl (C=O) groups is 2. The van der Waals surface area contributed by atoms with Crippen molar-refractivity contribution in [2.24, 2.45) is 5.92 Å². The van der Waals surface area contributed by atoms with Gasteiger partial charge in [0, 0.05) is 5.02 Å². The van der Waals surface area contributed by atoms with Crippen molar-refractivity contribution in [3.05, 3.63) is 28.8 Å². The molecule has 0 aliphatic carbocycles. The minimum atomic E-state index is -1.06. The molecule has 1 rings (SSSR count). The second-order valence-corrected chi connectivity index (χ2v) is 5.27. The van der Waals surface area contributed by atoms with Crippen LogP contribution < -0.4 is 10.1 Å². The third-order valence-corrected chi connectivity index (χ3v) is 2.95. The highest BCUT2D eigenvalue weighted by atomic mass is 35.5. The second-order valence-electron chi connectivity index (χ2n) is 4.84. The van der Waals surface area contributed by atoms with Crippen molar-refractivity contribution in [2.45, 2.75) is 26.3 Å². The zero-order valence-electron chi connectivity index (χ0n) is 11.6. The van der Waals surface area contributed by atoms with E-state index in [1.807, 2.05) is 13.8 Å². The number of rotatable bonds is 6. The lowest BCUT2D eigenvalue weighted by molar-refractivity contribution is -0.139. The predicted molar refractivity (Wildman–Crippen MR) is 76.3 cm³/mol. The summed E-state index contributed by atoms with van der Waals surface area (Å²) in [6.45, 7) is 3.78. The van der Waals surface area contributed by atoms with E-state index in [1.165, 1.54) is 13.2 Å². The molecule has 0 aliphatic heterocycles. The van der Waals surface area contributed by atoms with Gasteiger partial charge in [0.2, 0.25) is 0 Å². The quantitative estimate of drug-likeness (QED) is 0.846. The number of carbonyl (C=O) groups excluding carboxylic acids is 1. The molecule has 0 radical (unpaired) electrons. The van der Waals surface area contributed by atoms with Gasteiger partial charge in [0.1, 0.15) is 11.8 Å². The van der Waals surface area contributed by atoms with E-state index in [4.69, 9.17) is 21.4 Å². The Labute approximate surface area is 122 Å². The number of halogens is 1. The molecule has 1 aromatic carbocycles. The Morgan fingerprint density at radius 3 is 2.55 bits per heavy atom. The number of hydrogen-bond donors (Lipinski definition) is 2. The number of amides is 1. The Morgan fingerprint density at radius 2 is 2.05 bits per heavy atom. The van der Waals surface area contributed by atoms with Crippen LogP contribution in [-0.2, 0) is 4.79 Å². The van der Waals surface area contributed by atoms with Crippen LogP contribution in [0.25, 0.3) is 0 Å². The standard InChI is InChI=1S/C14H18ClNO4/c1-8(2)6-11(14(18)19)16-13(17)10-7-9(15)4-5-12(10)20-3/h4-5,7-8,11H,6H2,1-3H3,(H,16,17)(H,18,19)/t11-/m1/s1. The fraction of sp³-hybridized carbons (Fsp3) is 0.429. The van der Waals surface area contributed by atoms with E-state index in [1.54, 1.807) is 12.1 Å². The summed E-state index contributed by atoms with van der Waals surface area (Å²) in [6, 6.07) is 3.67. The molecule has 0 spiro atoms. The van der Waals surface area contributed by atoms with Gasteiger partial charge in [-0.2, -0.15) is 0 Å². The molecule has 0 saturated heterocycles. The largest absolute Gasteiger partial charge is 0.496 e. The van der Waals surface area contributed by atoms with Crippen molar-refractivity contribution < 1.29 is 19.4 Å². The molecule has 1 aromatic rings. The topological polar surface area (TPSA) is 75.6 Å². The summed E-state index contributed by atoms with van der Waals surface area (Å²) >= 11 is 5.85. The SMILES string of the molecule is COc1ccc(Cl)cc1C(=O)N[C@H](CC(C)C)C(=O)O. The lowest BCUT2D eigenvalue weighted by atomic mass is 10.0. The van der Waals surface area contributed by atoms with E-state index in [-0.39, 0.29) is 11.5 Å². The summed E-state index contributed by atoms with van der Waals surface area (Å²) in [4.78, 5) is 23.3. The molecule has 20 heavy (non-hydrogen) atoms. The molecule has 0 heterocycles. The third-order valence-electron chi connectivity index (χ3n) is 2.72. The highest BCUT2D eigenvalue weighted by Gasteiger charge is 2.23. The molecule has 0 aromatic heterocycles. The smallest absolute Gasteiger partial charge is 0.326 e. The van der Waals surface area contributed by atoms with Gasteiger partial charge in [-0.1, -0.05) is 25.4 Å². The fourth-order valence-electron chi connectivity index (χ4n) is 1.79. The highest BCUT2D eigenvalue weighted by molar-refractivity contribution is 6.31. The molecule has 0 saturated carbocycles. The number of methoxy groups -OCH3 is 1. The number of ether oxygens (including phenoxy) is 1. The van der Waals surface area contributed by atoms with Crippen molar-refractivity contribution >= 4 is 23.5 Å². The summed E-state index contributed by atoms with van der Waals surface area (Å²) in [5.41, 5.74) is 0.218. The Hall–Kier alpha value is -1.75. The van der Waals surface area contributed by atoms with E-state index >= 15 is 0 Å².